The lowest BCUT2D eigenvalue weighted by molar-refractivity contribution is -0.385. The molecule has 1 aromatic carbocycles. The lowest BCUT2D eigenvalue weighted by Gasteiger charge is -2.38. The SMILES string of the molecule is CC1(CNCc2ccc(Cl)cc2[N+](=O)[O-])COC1. The van der Waals surface area contributed by atoms with Gasteiger partial charge in [0.05, 0.1) is 18.1 Å². The fourth-order valence-corrected chi connectivity index (χ4v) is 2.07. The Bertz CT molecular complexity index is 461. The zero-order chi connectivity index (χ0) is 13.2. The summed E-state index contributed by atoms with van der Waals surface area (Å²) in [6, 6.07) is 4.74. The zero-order valence-corrected chi connectivity index (χ0v) is 10.9. The standard InChI is InChI=1S/C12H15ClN2O3/c1-12(7-18-8-12)6-14-5-9-2-3-10(13)4-11(9)15(16)17/h2-4,14H,5-8H2,1H3. The van der Waals surface area contributed by atoms with Crippen molar-refractivity contribution < 1.29 is 9.66 Å². The molecule has 1 N–H and O–H groups in total. The summed E-state index contributed by atoms with van der Waals surface area (Å²) in [5, 5.41) is 14.5. The Balaban J connectivity index is 1.98. The highest BCUT2D eigenvalue weighted by atomic mass is 35.5. The fourth-order valence-electron chi connectivity index (χ4n) is 1.91. The quantitative estimate of drug-likeness (QED) is 0.659. The van der Waals surface area contributed by atoms with Crippen LogP contribution in [0.1, 0.15) is 12.5 Å². The number of nitro benzene ring substituents is 1. The van der Waals surface area contributed by atoms with Crippen LogP contribution < -0.4 is 5.32 Å². The van der Waals surface area contributed by atoms with E-state index in [1.807, 2.05) is 0 Å². The second-order valence-corrected chi connectivity index (χ2v) is 5.37. The first kappa shape index (κ1) is 13.3. The van der Waals surface area contributed by atoms with Crippen LogP contribution in [0, 0.1) is 15.5 Å². The van der Waals surface area contributed by atoms with Crippen molar-refractivity contribution in [1.29, 1.82) is 0 Å². The van der Waals surface area contributed by atoms with Gasteiger partial charge in [-0.25, -0.2) is 0 Å². The van der Waals surface area contributed by atoms with Gasteiger partial charge in [-0.05, 0) is 12.1 Å². The minimum atomic E-state index is -0.406. The van der Waals surface area contributed by atoms with Gasteiger partial charge in [0.2, 0.25) is 0 Å². The van der Waals surface area contributed by atoms with E-state index in [2.05, 4.69) is 12.2 Å². The molecule has 0 aliphatic carbocycles. The van der Waals surface area contributed by atoms with Crippen molar-refractivity contribution in [1.82, 2.24) is 5.32 Å². The molecular formula is C12H15ClN2O3. The number of hydrogen-bond donors (Lipinski definition) is 1. The van der Waals surface area contributed by atoms with Crippen molar-refractivity contribution in [3.8, 4) is 0 Å². The second kappa shape index (κ2) is 5.22. The first-order valence-electron chi connectivity index (χ1n) is 5.71. The number of hydrogen-bond acceptors (Lipinski definition) is 4. The molecule has 6 heteroatoms. The minimum absolute atomic E-state index is 0.0602. The van der Waals surface area contributed by atoms with Gasteiger partial charge >= 0.3 is 0 Å². The van der Waals surface area contributed by atoms with Crippen LogP contribution in [-0.4, -0.2) is 24.7 Å². The number of halogens is 1. The number of nitro groups is 1. The van der Waals surface area contributed by atoms with Crippen LogP contribution in [-0.2, 0) is 11.3 Å². The van der Waals surface area contributed by atoms with Crippen molar-refractivity contribution in [3.63, 3.8) is 0 Å². The van der Waals surface area contributed by atoms with Crippen LogP contribution in [0.4, 0.5) is 5.69 Å². The van der Waals surface area contributed by atoms with Crippen molar-refractivity contribution in [2.75, 3.05) is 19.8 Å². The smallest absolute Gasteiger partial charge is 0.275 e. The van der Waals surface area contributed by atoms with Gasteiger partial charge in [0.25, 0.3) is 5.69 Å². The molecule has 2 rings (SSSR count). The number of rotatable bonds is 5. The predicted molar refractivity (Wildman–Crippen MR) is 68.7 cm³/mol. The van der Waals surface area contributed by atoms with Crippen molar-refractivity contribution >= 4 is 17.3 Å². The summed E-state index contributed by atoms with van der Waals surface area (Å²) in [7, 11) is 0. The van der Waals surface area contributed by atoms with Crippen LogP contribution in [0.3, 0.4) is 0 Å². The molecule has 0 unspecified atom stereocenters. The fraction of sp³-hybridized carbons (Fsp3) is 0.500. The lowest BCUT2D eigenvalue weighted by atomic mass is 9.89. The number of nitrogens with zero attached hydrogens (tertiary/aromatic N) is 1. The van der Waals surface area contributed by atoms with Crippen LogP contribution >= 0.6 is 11.6 Å². The van der Waals surface area contributed by atoms with Gasteiger partial charge in [0, 0.05) is 35.2 Å². The van der Waals surface area contributed by atoms with E-state index in [0.717, 1.165) is 19.8 Å². The molecule has 1 saturated heterocycles. The third-order valence-corrected chi connectivity index (χ3v) is 3.25. The summed E-state index contributed by atoms with van der Waals surface area (Å²) in [6.07, 6.45) is 0. The third kappa shape index (κ3) is 2.98. The van der Waals surface area contributed by atoms with Gasteiger partial charge < -0.3 is 10.1 Å². The van der Waals surface area contributed by atoms with Crippen molar-refractivity contribution in [2.24, 2.45) is 5.41 Å². The Morgan fingerprint density at radius 2 is 2.28 bits per heavy atom. The van der Waals surface area contributed by atoms with Crippen LogP contribution in [0.2, 0.25) is 5.02 Å². The molecule has 18 heavy (non-hydrogen) atoms. The van der Waals surface area contributed by atoms with Crippen LogP contribution in [0.25, 0.3) is 0 Å². The van der Waals surface area contributed by atoms with E-state index >= 15 is 0 Å². The summed E-state index contributed by atoms with van der Waals surface area (Å²) >= 11 is 5.76. The molecule has 98 valence electrons. The summed E-state index contributed by atoms with van der Waals surface area (Å²) in [6.45, 7) is 4.85. The van der Waals surface area contributed by atoms with Crippen molar-refractivity contribution in [3.05, 3.63) is 38.9 Å². The first-order chi connectivity index (χ1) is 8.50. The van der Waals surface area contributed by atoms with Crippen LogP contribution in [0.15, 0.2) is 18.2 Å². The molecule has 0 amide bonds. The Morgan fingerprint density at radius 3 is 2.83 bits per heavy atom. The molecule has 1 fully saturated rings. The first-order valence-corrected chi connectivity index (χ1v) is 6.09. The minimum Gasteiger partial charge on any atom is -0.380 e. The summed E-state index contributed by atoms with van der Waals surface area (Å²) in [5.74, 6) is 0. The number of benzene rings is 1. The Kier molecular flexibility index (Phi) is 3.85. The second-order valence-electron chi connectivity index (χ2n) is 4.94. The molecule has 0 radical (unpaired) electrons. The topological polar surface area (TPSA) is 64.4 Å². The predicted octanol–water partition coefficient (Wildman–Crippen LogP) is 2.37. The molecule has 1 heterocycles. The van der Waals surface area contributed by atoms with E-state index in [1.54, 1.807) is 12.1 Å². The summed E-state index contributed by atoms with van der Waals surface area (Å²) < 4.78 is 5.15. The molecule has 0 spiro atoms. The summed E-state index contributed by atoms with van der Waals surface area (Å²) in [5.41, 5.74) is 0.861. The largest absolute Gasteiger partial charge is 0.380 e. The van der Waals surface area contributed by atoms with E-state index in [1.165, 1.54) is 6.07 Å². The zero-order valence-electron chi connectivity index (χ0n) is 10.1. The molecular weight excluding hydrogens is 256 g/mol. The molecule has 1 aliphatic heterocycles. The lowest BCUT2D eigenvalue weighted by Crippen LogP contribution is -2.47. The van der Waals surface area contributed by atoms with Gasteiger partial charge in [0.15, 0.2) is 0 Å². The van der Waals surface area contributed by atoms with Gasteiger partial charge in [-0.2, -0.15) is 0 Å². The average Bonchev–Trinajstić information content (AvgIpc) is 2.28. The molecule has 0 atom stereocenters. The third-order valence-electron chi connectivity index (χ3n) is 3.01. The molecule has 5 nitrogen and oxygen atoms in total. The number of ether oxygens (including phenoxy) is 1. The normalized spacial score (nSPS) is 17.2. The molecule has 1 aliphatic rings. The van der Waals surface area contributed by atoms with E-state index in [9.17, 15) is 10.1 Å². The molecule has 0 aromatic heterocycles. The Labute approximate surface area is 110 Å². The van der Waals surface area contributed by atoms with Gasteiger partial charge in [-0.1, -0.05) is 18.5 Å². The van der Waals surface area contributed by atoms with Gasteiger partial charge in [-0.3, -0.25) is 10.1 Å². The Morgan fingerprint density at radius 1 is 1.56 bits per heavy atom. The Hall–Kier alpha value is -1.17. The molecule has 0 saturated carbocycles. The van der Waals surface area contributed by atoms with Gasteiger partial charge in [-0.15, -0.1) is 0 Å². The van der Waals surface area contributed by atoms with E-state index < -0.39 is 4.92 Å². The summed E-state index contributed by atoms with van der Waals surface area (Å²) in [4.78, 5) is 10.5. The maximum absolute atomic E-state index is 10.9. The highest BCUT2D eigenvalue weighted by Crippen LogP contribution is 2.26. The highest BCUT2D eigenvalue weighted by Gasteiger charge is 2.32. The molecule has 0 bridgehead atoms. The maximum Gasteiger partial charge on any atom is 0.275 e. The molecule has 1 aromatic rings. The monoisotopic (exact) mass is 270 g/mol. The van der Waals surface area contributed by atoms with E-state index in [4.69, 9.17) is 16.3 Å². The van der Waals surface area contributed by atoms with Crippen molar-refractivity contribution in [2.45, 2.75) is 13.5 Å². The number of nitrogens with one attached hydrogen (secondary N) is 1. The van der Waals surface area contributed by atoms with Crippen LogP contribution in [0.5, 0.6) is 0 Å². The van der Waals surface area contributed by atoms with Gasteiger partial charge in [0.1, 0.15) is 0 Å². The van der Waals surface area contributed by atoms with E-state index in [-0.39, 0.29) is 11.1 Å². The average molecular weight is 271 g/mol. The maximum atomic E-state index is 10.9. The van der Waals surface area contributed by atoms with E-state index in [0.29, 0.717) is 17.1 Å². The highest BCUT2D eigenvalue weighted by molar-refractivity contribution is 6.30.